The fourth-order valence-corrected chi connectivity index (χ4v) is 4.15. The van der Waals surface area contributed by atoms with Gasteiger partial charge in [0.15, 0.2) is 17.4 Å². The highest BCUT2D eigenvalue weighted by Gasteiger charge is 2.26. The number of amides is 2. The molecule has 1 atom stereocenters. The summed E-state index contributed by atoms with van der Waals surface area (Å²) in [5.41, 5.74) is 6.84. The first-order valence-corrected chi connectivity index (χ1v) is 11.7. The number of urea groups is 1. The van der Waals surface area contributed by atoms with E-state index >= 15 is 0 Å². The molecule has 4 rings (SSSR count). The Balaban J connectivity index is 1.63. The summed E-state index contributed by atoms with van der Waals surface area (Å²) in [5.74, 6) is -1.39. The first-order valence-electron chi connectivity index (χ1n) is 11.7. The van der Waals surface area contributed by atoms with Crippen molar-refractivity contribution in [2.24, 2.45) is 5.73 Å². The number of carbonyl (C=O) groups is 1. The predicted molar refractivity (Wildman–Crippen MR) is 130 cm³/mol. The fourth-order valence-electron chi connectivity index (χ4n) is 4.15. The monoisotopic (exact) mass is 499 g/mol. The average Bonchev–Trinajstić information content (AvgIpc) is 2.85. The Morgan fingerprint density at radius 3 is 2.67 bits per heavy atom. The molecule has 0 saturated carbocycles. The number of aromatic nitrogens is 2. The van der Waals surface area contributed by atoms with Gasteiger partial charge in [-0.05, 0) is 37.1 Å². The molecule has 1 aromatic heterocycles. The summed E-state index contributed by atoms with van der Waals surface area (Å²) in [6.07, 6.45) is 2.02. The Kier molecular flexibility index (Phi) is 7.32. The van der Waals surface area contributed by atoms with Crippen molar-refractivity contribution in [2.75, 3.05) is 25.1 Å². The first-order chi connectivity index (χ1) is 17.2. The second-order valence-electron chi connectivity index (χ2n) is 8.89. The van der Waals surface area contributed by atoms with E-state index in [2.05, 4.69) is 9.97 Å². The second kappa shape index (κ2) is 10.4. The van der Waals surface area contributed by atoms with E-state index in [4.69, 9.17) is 10.5 Å². The van der Waals surface area contributed by atoms with Crippen LogP contribution in [0.5, 0.6) is 5.75 Å². The Labute approximate surface area is 207 Å². The normalized spacial score (nSPS) is 13.7. The fraction of sp³-hybridized carbons (Fsp3) is 0.346. The van der Waals surface area contributed by atoms with Gasteiger partial charge in [0.1, 0.15) is 23.9 Å². The summed E-state index contributed by atoms with van der Waals surface area (Å²) in [7, 11) is 1.47. The minimum Gasteiger partial charge on any atom is -0.486 e. The molecule has 2 N–H and O–H groups in total. The number of fused-ring (bicyclic) bond motifs is 1. The molecule has 1 aliphatic rings. The van der Waals surface area contributed by atoms with Gasteiger partial charge in [-0.15, -0.1) is 0 Å². The van der Waals surface area contributed by atoms with Crippen LogP contribution in [-0.2, 0) is 13.0 Å². The lowest BCUT2D eigenvalue weighted by Gasteiger charge is -2.36. The number of carbonyl (C=O) groups excluding carboxylic acids is 1. The first kappa shape index (κ1) is 25.3. The number of nitrogens with zero attached hydrogens (tertiary/aromatic N) is 4. The number of benzene rings is 2. The van der Waals surface area contributed by atoms with Crippen LogP contribution in [0.2, 0.25) is 0 Å². The summed E-state index contributed by atoms with van der Waals surface area (Å²) in [6.45, 7) is 5.08. The van der Waals surface area contributed by atoms with Crippen LogP contribution < -0.4 is 15.4 Å². The van der Waals surface area contributed by atoms with Gasteiger partial charge in [-0.25, -0.2) is 27.9 Å². The lowest BCUT2D eigenvalue weighted by molar-refractivity contribution is 0.216. The molecule has 2 aromatic carbocycles. The van der Waals surface area contributed by atoms with Crippen molar-refractivity contribution in [2.45, 2.75) is 39.3 Å². The van der Waals surface area contributed by atoms with Gasteiger partial charge >= 0.3 is 6.03 Å². The number of ether oxygens (including phenoxy) is 1. The Hall–Kier alpha value is -3.82. The lowest BCUT2D eigenvalue weighted by atomic mass is 10.0. The zero-order valence-electron chi connectivity index (χ0n) is 20.4. The van der Waals surface area contributed by atoms with Crippen LogP contribution in [0.25, 0.3) is 11.3 Å². The van der Waals surface area contributed by atoms with E-state index in [0.29, 0.717) is 30.0 Å². The third-order valence-electron chi connectivity index (χ3n) is 6.37. The SMILES string of the molecule is CCC(C)N1CCOc2c(F)cc(-c3nc(Cc4ccc(CN(C)C(N)=O)c(F)c4)ncc3F)cc21. The highest BCUT2D eigenvalue weighted by molar-refractivity contribution is 5.72. The second-order valence-corrected chi connectivity index (χ2v) is 8.89. The number of rotatable bonds is 7. The maximum absolute atomic E-state index is 15.0. The van der Waals surface area contributed by atoms with Gasteiger partial charge in [0.05, 0.1) is 18.4 Å². The van der Waals surface area contributed by atoms with Gasteiger partial charge in [-0.2, -0.15) is 0 Å². The van der Waals surface area contributed by atoms with Crippen LogP contribution in [-0.4, -0.2) is 47.1 Å². The summed E-state index contributed by atoms with van der Waals surface area (Å²) >= 11 is 0. The molecule has 10 heteroatoms. The molecule has 1 aliphatic heterocycles. The molecule has 1 unspecified atom stereocenters. The molecular weight excluding hydrogens is 471 g/mol. The van der Waals surface area contributed by atoms with Crippen LogP contribution in [0, 0.1) is 17.5 Å². The third-order valence-corrected chi connectivity index (χ3v) is 6.37. The summed E-state index contributed by atoms with van der Waals surface area (Å²) in [4.78, 5) is 22.8. The van der Waals surface area contributed by atoms with Gasteiger partial charge < -0.3 is 20.3 Å². The Morgan fingerprint density at radius 1 is 1.19 bits per heavy atom. The van der Waals surface area contributed by atoms with E-state index in [-0.39, 0.29) is 41.8 Å². The van der Waals surface area contributed by atoms with Crippen molar-refractivity contribution in [3.8, 4) is 17.0 Å². The number of primary amides is 1. The maximum Gasteiger partial charge on any atom is 0.314 e. The van der Waals surface area contributed by atoms with Gasteiger partial charge in [0.2, 0.25) is 0 Å². The van der Waals surface area contributed by atoms with Gasteiger partial charge in [0, 0.05) is 37.2 Å². The van der Waals surface area contributed by atoms with Crippen molar-refractivity contribution in [3.63, 3.8) is 0 Å². The molecular formula is C26H28F3N5O2. The highest BCUT2D eigenvalue weighted by atomic mass is 19.1. The number of anilines is 1. The largest absolute Gasteiger partial charge is 0.486 e. The average molecular weight is 500 g/mol. The quantitative estimate of drug-likeness (QED) is 0.511. The molecule has 36 heavy (non-hydrogen) atoms. The van der Waals surface area contributed by atoms with Crippen LogP contribution >= 0.6 is 0 Å². The van der Waals surface area contributed by atoms with Crippen molar-refractivity contribution in [1.82, 2.24) is 14.9 Å². The van der Waals surface area contributed by atoms with E-state index in [0.717, 1.165) is 12.6 Å². The molecule has 2 amide bonds. The zero-order chi connectivity index (χ0) is 26.0. The standard InChI is InChI=1S/C26H28F3N5O2/c1-4-15(2)34-7-8-36-25-20(28)11-18(12-22(25)34)24-21(29)13-31-23(32-24)10-16-5-6-17(19(27)9-16)14-33(3)26(30)35/h5-6,9,11-13,15H,4,7-8,10,14H2,1-3H3,(H2,30,35). The Morgan fingerprint density at radius 2 is 1.97 bits per heavy atom. The van der Waals surface area contributed by atoms with Crippen LogP contribution in [0.1, 0.15) is 37.2 Å². The van der Waals surface area contributed by atoms with Crippen molar-refractivity contribution in [3.05, 3.63) is 70.9 Å². The number of hydrogen-bond donors (Lipinski definition) is 1. The van der Waals surface area contributed by atoms with E-state index in [1.54, 1.807) is 18.2 Å². The smallest absolute Gasteiger partial charge is 0.314 e. The maximum atomic E-state index is 15.0. The van der Waals surface area contributed by atoms with E-state index < -0.39 is 23.5 Å². The summed E-state index contributed by atoms with van der Waals surface area (Å²) in [6, 6.07) is 6.92. The molecule has 0 fully saturated rings. The molecule has 0 aliphatic carbocycles. The molecule has 2 heterocycles. The molecule has 0 saturated heterocycles. The van der Waals surface area contributed by atoms with Crippen LogP contribution in [0.4, 0.5) is 23.7 Å². The van der Waals surface area contributed by atoms with Gasteiger partial charge in [-0.1, -0.05) is 19.1 Å². The molecule has 190 valence electrons. The van der Waals surface area contributed by atoms with Crippen molar-refractivity contribution < 1.29 is 22.7 Å². The topological polar surface area (TPSA) is 84.6 Å². The summed E-state index contributed by atoms with van der Waals surface area (Å²) < 4.78 is 49.9. The number of hydrogen-bond acceptors (Lipinski definition) is 5. The molecule has 3 aromatic rings. The van der Waals surface area contributed by atoms with E-state index in [1.807, 2.05) is 18.7 Å². The van der Waals surface area contributed by atoms with Crippen molar-refractivity contribution in [1.29, 1.82) is 0 Å². The summed E-state index contributed by atoms with van der Waals surface area (Å²) in [5, 5.41) is 0. The number of halogens is 3. The van der Waals surface area contributed by atoms with E-state index in [1.165, 1.54) is 24.1 Å². The van der Waals surface area contributed by atoms with E-state index in [9.17, 15) is 18.0 Å². The zero-order valence-corrected chi connectivity index (χ0v) is 20.4. The minimum atomic E-state index is -0.694. The molecule has 0 spiro atoms. The lowest BCUT2D eigenvalue weighted by Crippen LogP contribution is -2.39. The van der Waals surface area contributed by atoms with Crippen molar-refractivity contribution >= 4 is 11.7 Å². The minimum absolute atomic E-state index is 0.0277. The predicted octanol–water partition coefficient (Wildman–Crippen LogP) is 4.66. The molecule has 0 radical (unpaired) electrons. The highest BCUT2D eigenvalue weighted by Crippen LogP contribution is 2.39. The molecule has 0 bridgehead atoms. The third kappa shape index (κ3) is 5.22. The van der Waals surface area contributed by atoms with Gasteiger partial charge in [0.25, 0.3) is 0 Å². The number of nitrogens with two attached hydrogens (primary N) is 1. The Bertz CT molecular complexity index is 1290. The van der Waals surface area contributed by atoms with Crippen LogP contribution in [0.15, 0.2) is 36.5 Å². The van der Waals surface area contributed by atoms with Crippen LogP contribution in [0.3, 0.4) is 0 Å². The molecule has 7 nitrogen and oxygen atoms in total. The van der Waals surface area contributed by atoms with Gasteiger partial charge in [-0.3, -0.25) is 0 Å².